The SMILES string of the molecule is CC1CCc2c(Cl)nc(-c3ccc(Cl)cc3)n2C1. The lowest BCUT2D eigenvalue weighted by Crippen LogP contribution is -2.18. The quantitative estimate of drug-likeness (QED) is 0.755. The van der Waals surface area contributed by atoms with Crippen molar-refractivity contribution in [2.24, 2.45) is 5.92 Å². The topological polar surface area (TPSA) is 17.8 Å². The molecule has 2 heterocycles. The Labute approximate surface area is 117 Å². The second-order valence-electron chi connectivity index (χ2n) is 4.93. The molecule has 0 bridgehead atoms. The van der Waals surface area contributed by atoms with Crippen LogP contribution >= 0.6 is 23.2 Å². The summed E-state index contributed by atoms with van der Waals surface area (Å²) < 4.78 is 2.25. The van der Waals surface area contributed by atoms with E-state index in [2.05, 4.69) is 16.5 Å². The third-order valence-corrected chi connectivity index (χ3v) is 4.05. The van der Waals surface area contributed by atoms with Gasteiger partial charge in [0.25, 0.3) is 0 Å². The Bertz CT molecular complexity index is 572. The molecule has 18 heavy (non-hydrogen) atoms. The zero-order chi connectivity index (χ0) is 12.7. The highest BCUT2D eigenvalue weighted by atomic mass is 35.5. The first-order chi connectivity index (χ1) is 8.65. The largest absolute Gasteiger partial charge is 0.326 e. The van der Waals surface area contributed by atoms with Gasteiger partial charge in [-0.1, -0.05) is 30.1 Å². The van der Waals surface area contributed by atoms with Crippen molar-refractivity contribution in [2.75, 3.05) is 0 Å². The molecule has 1 unspecified atom stereocenters. The van der Waals surface area contributed by atoms with E-state index in [-0.39, 0.29) is 0 Å². The number of hydrogen-bond acceptors (Lipinski definition) is 1. The molecule has 1 atom stereocenters. The van der Waals surface area contributed by atoms with Crippen molar-refractivity contribution in [1.82, 2.24) is 9.55 Å². The van der Waals surface area contributed by atoms with E-state index in [0.717, 1.165) is 29.4 Å². The predicted molar refractivity (Wildman–Crippen MR) is 75.2 cm³/mol. The fraction of sp³-hybridized carbons (Fsp3) is 0.357. The van der Waals surface area contributed by atoms with Crippen molar-refractivity contribution in [3.8, 4) is 11.4 Å². The Morgan fingerprint density at radius 2 is 1.94 bits per heavy atom. The number of halogens is 2. The van der Waals surface area contributed by atoms with E-state index in [1.807, 2.05) is 24.3 Å². The molecule has 1 aromatic carbocycles. The van der Waals surface area contributed by atoms with Gasteiger partial charge in [0.1, 0.15) is 5.82 Å². The highest BCUT2D eigenvalue weighted by molar-refractivity contribution is 6.30. The van der Waals surface area contributed by atoms with Crippen LogP contribution in [0.15, 0.2) is 24.3 Å². The van der Waals surface area contributed by atoms with E-state index >= 15 is 0 Å². The summed E-state index contributed by atoms with van der Waals surface area (Å²) in [6.07, 6.45) is 2.20. The highest BCUT2D eigenvalue weighted by Gasteiger charge is 2.22. The zero-order valence-corrected chi connectivity index (χ0v) is 11.7. The standard InChI is InChI=1S/C14H14Cl2N2/c1-9-2-7-12-13(16)17-14(18(12)8-9)10-3-5-11(15)6-4-10/h3-6,9H,2,7-8H2,1H3. The summed E-state index contributed by atoms with van der Waals surface area (Å²) in [6, 6.07) is 7.76. The molecule has 1 aliphatic rings. The molecular weight excluding hydrogens is 267 g/mol. The maximum Gasteiger partial charge on any atom is 0.150 e. The zero-order valence-electron chi connectivity index (χ0n) is 10.2. The third kappa shape index (κ3) is 2.04. The van der Waals surface area contributed by atoms with Crippen LogP contribution in [-0.4, -0.2) is 9.55 Å². The molecular formula is C14H14Cl2N2. The first kappa shape index (κ1) is 12.1. The Morgan fingerprint density at radius 3 is 2.67 bits per heavy atom. The lowest BCUT2D eigenvalue weighted by molar-refractivity contribution is 0.402. The summed E-state index contributed by atoms with van der Waals surface area (Å²) in [5.41, 5.74) is 2.24. The number of hydrogen-bond donors (Lipinski definition) is 0. The number of aromatic nitrogens is 2. The number of imidazole rings is 1. The molecule has 2 aromatic rings. The van der Waals surface area contributed by atoms with Crippen molar-refractivity contribution >= 4 is 23.2 Å². The van der Waals surface area contributed by atoms with E-state index < -0.39 is 0 Å². The molecule has 0 saturated heterocycles. The van der Waals surface area contributed by atoms with Crippen LogP contribution in [0.25, 0.3) is 11.4 Å². The van der Waals surface area contributed by atoms with Gasteiger partial charge in [-0.25, -0.2) is 4.98 Å². The second kappa shape index (κ2) is 4.60. The number of fused-ring (bicyclic) bond motifs is 1. The molecule has 4 heteroatoms. The van der Waals surface area contributed by atoms with Gasteiger partial charge >= 0.3 is 0 Å². The van der Waals surface area contributed by atoms with Gasteiger partial charge in [-0.3, -0.25) is 0 Å². The van der Waals surface area contributed by atoms with Crippen LogP contribution in [0, 0.1) is 5.92 Å². The molecule has 0 saturated carbocycles. The lowest BCUT2D eigenvalue weighted by atomic mass is 10.00. The Morgan fingerprint density at radius 1 is 1.22 bits per heavy atom. The molecule has 0 spiro atoms. The molecule has 1 aliphatic heterocycles. The fourth-order valence-corrected chi connectivity index (χ4v) is 2.90. The van der Waals surface area contributed by atoms with Crippen LogP contribution in [0.4, 0.5) is 0 Å². The first-order valence-corrected chi connectivity index (χ1v) is 6.91. The molecule has 0 fully saturated rings. The van der Waals surface area contributed by atoms with Gasteiger partial charge in [0.15, 0.2) is 5.15 Å². The van der Waals surface area contributed by atoms with E-state index in [1.165, 1.54) is 12.1 Å². The normalized spacial score (nSPS) is 18.7. The maximum atomic E-state index is 6.23. The van der Waals surface area contributed by atoms with E-state index in [1.54, 1.807) is 0 Å². The third-order valence-electron chi connectivity index (χ3n) is 3.49. The van der Waals surface area contributed by atoms with Gasteiger partial charge in [-0.15, -0.1) is 0 Å². The van der Waals surface area contributed by atoms with Crippen LogP contribution in [0.3, 0.4) is 0 Å². The van der Waals surface area contributed by atoms with Crippen LogP contribution < -0.4 is 0 Å². The smallest absolute Gasteiger partial charge is 0.150 e. The molecule has 0 N–H and O–H groups in total. The minimum atomic E-state index is 0.645. The molecule has 0 radical (unpaired) electrons. The summed E-state index contributed by atoms with van der Waals surface area (Å²) in [4.78, 5) is 4.51. The van der Waals surface area contributed by atoms with Gasteiger partial charge in [0.2, 0.25) is 0 Å². The molecule has 0 amide bonds. The average Bonchev–Trinajstić information content (AvgIpc) is 2.67. The van der Waals surface area contributed by atoms with Crippen LogP contribution in [-0.2, 0) is 13.0 Å². The fourth-order valence-electron chi connectivity index (χ4n) is 2.50. The molecule has 2 nitrogen and oxygen atoms in total. The predicted octanol–water partition coefficient (Wildman–Crippen LogP) is 4.44. The molecule has 1 aromatic heterocycles. The second-order valence-corrected chi connectivity index (χ2v) is 5.73. The first-order valence-electron chi connectivity index (χ1n) is 6.16. The summed E-state index contributed by atoms with van der Waals surface area (Å²) >= 11 is 12.2. The summed E-state index contributed by atoms with van der Waals surface area (Å²) in [7, 11) is 0. The van der Waals surface area contributed by atoms with E-state index in [9.17, 15) is 0 Å². The highest BCUT2D eigenvalue weighted by Crippen LogP contribution is 2.32. The summed E-state index contributed by atoms with van der Waals surface area (Å²) in [6.45, 7) is 3.26. The summed E-state index contributed by atoms with van der Waals surface area (Å²) in [5.74, 6) is 1.63. The number of benzene rings is 1. The Hall–Kier alpha value is -0.990. The van der Waals surface area contributed by atoms with E-state index in [0.29, 0.717) is 11.1 Å². The van der Waals surface area contributed by atoms with Crippen molar-refractivity contribution in [3.63, 3.8) is 0 Å². The average molecular weight is 281 g/mol. The Balaban J connectivity index is 2.10. The van der Waals surface area contributed by atoms with Gasteiger partial charge < -0.3 is 4.57 Å². The van der Waals surface area contributed by atoms with Gasteiger partial charge in [-0.05, 0) is 43.0 Å². The number of rotatable bonds is 1. The molecule has 0 aliphatic carbocycles. The minimum Gasteiger partial charge on any atom is -0.326 e. The van der Waals surface area contributed by atoms with Crippen molar-refractivity contribution in [2.45, 2.75) is 26.3 Å². The van der Waals surface area contributed by atoms with Crippen molar-refractivity contribution < 1.29 is 0 Å². The number of nitrogens with zero attached hydrogens (tertiary/aromatic N) is 2. The molecule has 3 rings (SSSR count). The van der Waals surface area contributed by atoms with Crippen LogP contribution in [0.1, 0.15) is 19.0 Å². The van der Waals surface area contributed by atoms with Gasteiger partial charge in [-0.2, -0.15) is 0 Å². The monoisotopic (exact) mass is 280 g/mol. The van der Waals surface area contributed by atoms with Crippen LogP contribution in [0.2, 0.25) is 10.2 Å². The van der Waals surface area contributed by atoms with Crippen molar-refractivity contribution in [1.29, 1.82) is 0 Å². The maximum absolute atomic E-state index is 6.23. The Kier molecular flexibility index (Phi) is 3.08. The van der Waals surface area contributed by atoms with Gasteiger partial charge in [0, 0.05) is 17.1 Å². The molecule has 94 valence electrons. The summed E-state index contributed by atoms with van der Waals surface area (Å²) in [5, 5.41) is 1.38. The van der Waals surface area contributed by atoms with Crippen LogP contribution in [0.5, 0.6) is 0 Å². The lowest BCUT2D eigenvalue weighted by Gasteiger charge is -2.22. The van der Waals surface area contributed by atoms with Crippen molar-refractivity contribution in [3.05, 3.63) is 40.1 Å². The van der Waals surface area contributed by atoms with Gasteiger partial charge in [0.05, 0.1) is 5.69 Å². The minimum absolute atomic E-state index is 0.645. The van der Waals surface area contributed by atoms with E-state index in [4.69, 9.17) is 23.2 Å².